The lowest BCUT2D eigenvalue weighted by Crippen LogP contribution is -2.19. The van der Waals surface area contributed by atoms with Gasteiger partial charge in [0.2, 0.25) is 0 Å². The van der Waals surface area contributed by atoms with Crippen molar-refractivity contribution in [2.45, 2.75) is 64.2 Å². The van der Waals surface area contributed by atoms with E-state index in [4.69, 9.17) is 9.47 Å². The summed E-state index contributed by atoms with van der Waals surface area (Å²) in [6.45, 7) is 12.3. The Morgan fingerprint density at radius 1 is 0.793 bits per heavy atom. The van der Waals surface area contributed by atoms with Gasteiger partial charge >= 0.3 is 0 Å². The van der Waals surface area contributed by atoms with Crippen LogP contribution in [0.4, 0.5) is 5.69 Å². The number of nitrogens with one attached hydrogen (secondary N) is 1. The van der Waals surface area contributed by atoms with E-state index in [0.29, 0.717) is 28.0 Å². The fourth-order valence-corrected chi connectivity index (χ4v) is 5.05. The zero-order valence-electron chi connectivity index (χ0n) is 18.7. The molecular formula is C23H33NO4S. The second-order valence-corrected chi connectivity index (χ2v) is 9.78. The number of methoxy groups -OCH3 is 2. The summed E-state index contributed by atoms with van der Waals surface area (Å²) in [6, 6.07) is 9.10. The fraction of sp³-hybridized carbons (Fsp3) is 0.478. The van der Waals surface area contributed by atoms with Gasteiger partial charge in [-0.1, -0.05) is 53.7 Å². The van der Waals surface area contributed by atoms with Crippen LogP contribution < -0.4 is 14.2 Å². The van der Waals surface area contributed by atoms with Crippen molar-refractivity contribution in [2.75, 3.05) is 18.9 Å². The van der Waals surface area contributed by atoms with Crippen LogP contribution in [0, 0.1) is 0 Å². The summed E-state index contributed by atoms with van der Waals surface area (Å²) in [4.78, 5) is 0.358. The molecule has 2 rings (SSSR count). The molecule has 0 fully saturated rings. The Bertz CT molecular complexity index is 934. The summed E-state index contributed by atoms with van der Waals surface area (Å²) in [5.41, 5.74) is 3.16. The molecule has 2 aromatic rings. The highest BCUT2D eigenvalue weighted by molar-refractivity contribution is 7.92. The lowest BCUT2D eigenvalue weighted by atomic mass is 9.89. The second-order valence-electron chi connectivity index (χ2n) is 8.16. The maximum Gasteiger partial charge on any atom is 0.262 e. The van der Waals surface area contributed by atoms with Crippen molar-refractivity contribution in [3.63, 3.8) is 0 Å². The standard InChI is InChI=1S/C23H33NO4S/c1-14(2)17-11-19(15(3)4)23(20(12-17)16(5)6)29(25,26)24-21-13-18(27-7)9-10-22(21)28-8/h9-16,24H,1-8H3. The zero-order valence-corrected chi connectivity index (χ0v) is 19.5. The van der Waals surface area contributed by atoms with Crippen LogP contribution >= 0.6 is 0 Å². The van der Waals surface area contributed by atoms with E-state index in [1.165, 1.54) is 7.11 Å². The minimum atomic E-state index is -3.85. The molecule has 0 saturated carbocycles. The van der Waals surface area contributed by atoms with Gasteiger partial charge in [0, 0.05) is 6.07 Å². The topological polar surface area (TPSA) is 64.6 Å². The smallest absolute Gasteiger partial charge is 0.262 e. The SMILES string of the molecule is COc1ccc(OC)c(NS(=O)(=O)c2c(C(C)C)cc(C(C)C)cc2C(C)C)c1. The van der Waals surface area contributed by atoms with Gasteiger partial charge in [0.15, 0.2) is 0 Å². The van der Waals surface area contributed by atoms with Crippen LogP contribution in [0.1, 0.15) is 76.0 Å². The number of sulfonamides is 1. The van der Waals surface area contributed by atoms with E-state index in [0.717, 1.165) is 16.7 Å². The van der Waals surface area contributed by atoms with Crippen molar-refractivity contribution < 1.29 is 17.9 Å². The molecular weight excluding hydrogens is 386 g/mol. The van der Waals surface area contributed by atoms with Crippen LogP contribution in [-0.2, 0) is 10.0 Å². The number of hydrogen-bond acceptors (Lipinski definition) is 4. The molecule has 0 bridgehead atoms. The average Bonchev–Trinajstić information content (AvgIpc) is 2.66. The Balaban J connectivity index is 2.72. The molecule has 2 aromatic carbocycles. The largest absolute Gasteiger partial charge is 0.497 e. The molecule has 0 radical (unpaired) electrons. The first kappa shape index (κ1) is 23.1. The van der Waals surface area contributed by atoms with E-state index in [9.17, 15) is 8.42 Å². The first-order valence-corrected chi connectivity index (χ1v) is 11.4. The third-order valence-electron chi connectivity index (χ3n) is 5.00. The van der Waals surface area contributed by atoms with Crippen LogP contribution in [0.5, 0.6) is 11.5 Å². The summed E-state index contributed by atoms with van der Waals surface area (Å²) < 4.78 is 40.5. The highest BCUT2D eigenvalue weighted by atomic mass is 32.2. The van der Waals surface area contributed by atoms with E-state index in [1.54, 1.807) is 25.3 Å². The maximum absolute atomic E-state index is 13.6. The highest BCUT2D eigenvalue weighted by Gasteiger charge is 2.28. The Morgan fingerprint density at radius 3 is 1.76 bits per heavy atom. The predicted octanol–water partition coefficient (Wildman–Crippen LogP) is 5.87. The van der Waals surface area contributed by atoms with Gasteiger partial charge in [0.05, 0.1) is 24.8 Å². The van der Waals surface area contributed by atoms with Crippen molar-refractivity contribution in [1.82, 2.24) is 0 Å². The summed E-state index contributed by atoms with van der Waals surface area (Å²) in [5.74, 6) is 1.42. The van der Waals surface area contributed by atoms with Crippen LogP contribution in [0.25, 0.3) is 0 Å². The van der Waals surface area contributed by atoms with E-state index in [1.807, 2.05) is 39.8 Å². The third kappa shape index (κ3) is 5.04. The normalized spacial score (nSPS) is 12.0. The van der Waals surface area contributed by atoms with Crippen molar-refractivity contribution in [3.05, 3.63) is 47.0 Å². The number of hydrogen-bond donors (Lipinski definition) is 1. The molecule has 1 N–H and O–H groups in total. The van der Waals surface area contributed by atoms with Gasteiger partial charge in [0.1, 0.15) is 11.5 Å². The van der Waals surface area contributed by atoms with Crippen LogP contribution in [0.3, 0.4) is 0 Å². The van der Waals surface area contributed by atoms with Gasteiger partial charge in [-0.2, -0.15) is 0 Å². The molecule has 29 heavy (non-hydrogen) atoms. The van der Waals surface area contributed by atoms with E-state index < -0.39 is 10.0 Å². The Labute approximate surface area is 175 Å². The maximum atomic E-state index is 13.6. The molecule has 0 aliphatic heterocycles. The molecule has 0 atom stereocenters. The fourth-order valence-electron chi connectivity index (χ4n) is 3.29. The molecule has 0 aliphatic rings. The molecule has 0 aliphatic carbocycles. The minimum Gasteiger partial charge on any atom is -0.497 e. The summed E-state index contributed by atoms with van der Waals surface area (Å²) >= 11 is 0. The minimum absolute atomic E-state index is 0.0602. The summed E-state index contributed by atoms with van der Waals surface area (Å²) in [5, 5.41) is 0. The molecule has 0 aromatic heterocycles. The number of anilines is 1. The van der Waals surface area contributed by atoms with Crippen LogP contribution in [-0.4, -0.2) is 22.6 Å². The van der Waals surface area contributed by atoms with Crippen molar-refractivity contribution in [2.24, 2.45) is 0 Å². The monoisotopic (exact) mass is 419 g/mol. The zero-order chi connectivity index (χ0) is 21.9. The summed E-state index contributed by atoms with van der Waals surface area (Å²) in [7, 11) is -0.800. The van der Waals surface area contributed by atoms with Gasteiger partial charge < -0.3 is 9.47 Å². The van der Waals surface area contributed by atoms with Gasteiger partial charge in [-0.25, -0.2) is 8.42 Å². The van der Waals surface area contributed by atoms with Gasteiger partial charge in [-0.3, -0.25) is 4.72 Å². The molecule has 0 spiro atoms. The number of ether oxygens (including phenoxy) is 2. The molecule has 6 heteroatoms. The van der Waals surface area contributed by atoms with Gasteiger partial charge in [-0.05, 0) is 46.6 Å². The van der Waals surface area contributed by atoms with E-state index in [2.05, 4.69) is 18.6 Å². The van der Waals surface area contributed by atoms with Crippen molar-refractivity contribution in [1.29, 1.82) is 0 Å². The highest BCUT2D eigenvalue weighted by Crippen LogP contribution is 2.37. The first-order chi connectivity index (χ1) is 13.5. The van der Waals surface area contributed by atoms with Crippen LogP contribution in [0.15, 0.2) is 35.2 Å². The average molecular weight is 420 g/mol. The van der Waals surface area contributed by atoms with Crippen molar-refractivity contribution in [3.8, 4) is 11.5 Å². The Morgan fingerprint density at radius 2 is 1.34 bits per heavy atom. The molecule has 0 amide bonds. The third-order valence-corrected chi connectivity index (χ3v) is 6.50. The second kappa shape index (κ2) is 9.08. The Hall–Kier alpha value is -2.21. The van der Waals surface area contributed by atoms with E-state index >= 15 is 0 Å². The molecule has 0 saturated heterocycles. The quantitative estimate of drug-likeness (QED) is 0.581. The number of rotatable bonds is 8. The lowest BCUT2D eigenvalue weighted by Gasteiger charge is -2.23. The summed E-state index contributed by atoms with van der Waals surface area (Å²) in [6.07, 6.45) is 0. The number of benzene rings is 2. The van der Waals surface area contributed by atoms with Gasteiger partial charge in [0.25, 0.3) is 10.0 Å². The molecule has 160 valence electrons. The Kier molecular flexibility index (Phi) is 7.22. The predicted molar refractivity (Wildman–Crippen MR) is 119 cm³/mol. The molecule has 0 heterocycles. The van der Waals surface area contributed by atoms with Gasteiger partial charge in [-0.15, -0.1) is 0 Å². The van der Waals surface area contributed by atoms with Crippen LogP contribution in [0.2, 0.25) is 0 Å². The lowest BCUT2D eigenvalue weighted by molar-refractivity contribution is 0.405. The molecule has 5 nitrogen and oxygen atoms in total. The van der Waals surface area contributed by atoms with Crippen molar-refractivity contribution >= 4 is 15.7 Å². The van der Waals surface area contributed by atoms with E-state index in [-0.39, 0.29) is 11.8 Å². The molecule has 0 unspecified atom stereocenters. The first-order valence-electron chi connectivity index (χ1n) is 9.94.